The molecule has 0 spiro atoms. The summed E-state index contributed by atoms with van der Waals surface area (Å²) < 4.78 is 27.6. The summed E-state index contributed by atoms with van der Waals surface area (Å²) in [5.74, 6) is 0.457. The van der Waals surface area contributed by atoms with E-state index in [4.69, 9.17) is 0 Å². The van der Waals surface area contributed by atoms with Gasteiger partial charge in [-0.05, 0) is 43.5 Å². The van der Waals surface area contributed by atoms with Crippen molar-refractivity contribution in [3.63, 3.8) is 0 Å². The minimum atomic E-state index is -3.45. The number of hydrogen-bond acceptors (Lipinski definition) is 5. The first kappa shape index (κ1) is 18.5. The number of rotatable bonds is 5. The van der Waals surface area contributed by atoms with Crippen LogP contribution in [0.25, 0.3) is 6.08 Å². The molecule has 1 aromatic carbocycles. The molecule has 1 aliphatic heterocycles. The lowest BCUT2D eigenvalue weighted by atomic mass is 10.2. The van der Waals surface area contributed by atoms with Gasteiger partial charge in [0, 0.05) is 36.7 Å². The maximum Gasteiger partial charge on any atom is 0.243 e. The van der Waals surface area contributed by atoms with Crippen LogP contribution in [0.15, 0.2) is 42.1 Å². The van der Waals surface area contributed by atoms with Crippen molar-refractivity contribution in [3.05, 3.63) is 48.3 Å². The van der Waals surface area contributed by atoms with Crippen molar-refractivity contribution in [2.75, 3.05) is 18.4 Å². The van der Waals surface area contributed by atoms with E-state index in [0.717, 1.165) is 36.9 Å². The first-order valence-electron chi connectivity index (χ1n) is 8.83. The highest BCUT2D eigenvalue weighted by Crippen LogP contribution is 2.26. The van der Waals surface area contributed by atoms with Gasteiger partial charge in [0.2, 0.25) is 16.0 Å². The van der Waals surface area contributed by atoms with E-state index < -0.39 is 10.0 Å². The largest absolute Gasteiger partial charge is 0.324 e. The summed E-state index contributed by atoms with van der Waals surface area (Å²) in [5, 5.41) is 3.10. The van der Waals surface area contributed by atoms with E-state index in [9.17, 15) is 8.42 Å². The van der Waals surface area contributed by atoms with Gasteiger partial charge in [0.15, 0.2) is 0 Å². The van der Waals surface area contributed by atoms with Crippen LogP contribution in [-0.2, 0) is 10.0 Å². The zero-order chi connectivity index (χ0) is 18.6. The third-order valence-corrected chi connectivity index (χ3v) is 6.58. The van der Waals surface area contributed by atoms with Crippen LogP contribution < -0.4 is 5.32 Å². The summed E-state index contributed by atoms with van der Waals surface area (Å²) >= 11 is 0. The van der Waals surface area contributed by atoms with Crippen LogP contribution in [0.5, 0.6) is 0 Å². The van der Waals surface area contributed by atoms with E-state index in [1.54, 1.807) is 34.9 Å². The van der Waals surface area contributed by atoms with Crippen molar-refractivity contribution in [2.24, 2.45) is 0 Å². The average molecular weight is 372 g/mol. The molecule has 0 aliphatic carbocycles. The number of nitrogens with zero attached hydrogens (tertiary/aromatic N) is 3. The highest BCUT2D eigenvalue weighted by atomic mass is 32.2. The summed E-state index contributed by atoms with van der Waals surface area (Å²) in [7, 11) is -3.45. The molecule has 0 radical (unpaired) electrons. The Bertz CT molecular complexity index is 871. The summed E-state index contributed by atoms with van der Waals surface area (Å²) in [6.07, 6.45) is 9.07. The fourth-order valence-electron chi connectivity index (χ4n) is 3.07. The Hall–Kier alpha value is -2.25. The van der Waals surface area contributed by atoms with Crippen molar-refractivity contribution < 1.29 is 8.42 Å². The van der Waals surface area contributed by atoms with Gasteiger partial charge in [-0.2, -0.15) is 4.31 Å². The summed E-state index contributed by atoms with van der Waals surface area (Å²) in [4.78, 5) is 8.79. The lowest BCUT2D eigenvalue weighted by Crippen LogP contribution is -2.32. The third kappa shape index (κ3) is 4.11. The van der Waals surface area contributed by atoms with E-state index in [0.29, 0.717) is 29.5 Å². The van der Waals surface area contributed by atoms with Gasteiger partial charge < -0.3 is 5.32 Å². The Morgan fingerprint density at radius 2 is 1.77 bits per heavy atom. The molecule has 138 valence electrons. The quantitative estimate of drug-likeness (QED) is 0.865. The van der Waals surface area contributed by atoms with Crippen LogP contribution >= 0.6 is 0 Å². The second-order valence-electron chi connectivity index (χ2n) is 6.47. The van der Waals surface area contributed by atoms with E-state index >= 15 is 0 Å². The zero-order valence-electron chi connectivity index (χ0n) is 15.0. The van der Waals surface area contributed by atoms with E-state index in [-0.39, 0.29) is 0 Å². The Balaban J connectivity index is 1.80. The van der Waals surface area contributed by atoms with Crippen molar-refractivity contribution in [1.29, 1.82) is 0 Å². The Kier molecular flexibility index (Phi) is 5.68. The number of nitrogens with one attached hydrogen (secondary N) is 1. The summed E-state index contributed by atoms with van der Waals surface area (Å²) in [6, 6.07) is 5.23. The first-order chi connectivity index (χ1) is 12.5. The molecule has 3 rings (SSSR count). The van der Waals surface area contributed by atoms with Crippen LogP contribution in [0, 0.1) is 6.92 Å². The molecule has 0 atom stereocenters. The molecular weight excluding hydrogens is 348 g/mol. The SMILES string of the molecule is C=Cc1cnc(Nc2ccc(S(=O)(=O)N3CCCCCC3)c(C)c2)nc1. The number of aryl methyl sites for hydroxylation is 1. The Morgan fingerprint density at radius 1 is 1.12 bits per heavy atom. The molecule has 1 saturated heterocycles. The zero-order valence-corrected chi connectivity index (χ0v) is 15.8. The normalized spacial score (nSPS) is 16.0. The lowest BCUT2D eigenvalue weighted by molar-refractivity contribution is 0.423. The van der Waals surface area contributed by atoms with Gasteiger partial charge in [-0.25, -0.2) is 18.4 Å². The second kappa shape index (κ2) is 7.97. The van der Waals surface area contributed by atoms with E-state index in [1.807, 2.05) is 13.0 Å². The van der Waals surface area contributed by atoms with Crippen molar-refractivity contribution in [3.8, 4) is 0 Å². The molecule has 1 aliphatic rings. The molecule has 2 heterocycles. The monoisotopic (exact) mass is 372 g/mol. The van der Waals surface area contributed by atoms with Crippen molar-refractivity contribution in [1.82, 2.24) is 14.3 Å². The maximum absolute atomic E-state index is 13.0. The fraction of sp³-hybridized carbons (Fsp3) is 0.368. The van der Waals surface area contributed by atoms with Crippen LogP contribution in [0.2, 0.25) is 0 Å². The van der Waals surface area contributed by atoms with Gasteiger partial charge in [0.25, 0.3) is 0 Å². The molecule has 0 amide bonds. The maximum atomic E-state index is 13.0. The van der Waals surface area contributed by atoms with Gasteiger partial charge in [0.1, 0.15) is 0 Å². The highest BCUT2D eigenvalue weighted by Gasteiger charge is 2.26. The van der Waals surface area contributed by atoms with Gasteiger partial charge in [-0.15, -0.1) is 0 Å². The van der Waals surface area contributed by atoms with Gasteiger partial charge in [-0.1, -0.05) is 25.5 Å². The van der Waals surface area contributed by atoms with Crippen LogP contribution in [0.1, 0.15) is 36.8 Å². The molecule has 0 unspecified atom stereocenters. The Labute approximate surface area is 155 Å². The van der Waals surface area contributed by atoms with E-state index in [2.05, 4.69) is 21.9 Å². The van der Waals surface area contributed by atoms with Crippen molar-refractivity contribution in [2.45, 2.75) is 37.5 Å². The molecule has 7 heteroatoms. The van der Waals surface area contributed by atoms with Crippen LogP contribution in [0.3, 0.4) is 0 Å². The third-order valence-electron chi connectivity index (χ3n) is 4.52. The summed E-state index contributed by atoms with van der Waals surface area (Å²) in [5.41, 5.74) is 2.30. The van der Waals surface area contributed by atoms with Gasteiger partial charge >= 0.3 is 0 Å². The van der Waals surface area contributed by atoms with E-state index in [1.165, 1.54) is 0 Å². The molecule has 0 bridgehead atoms. The minimum Gasteiger partial charge on any atom is -0.324 e. The van der Waals surface area contributed by atoms with Crippen molar-refractivity contribution >= 4 is 27.7 Å². The number of hydrogen-bond donors (Lipinski definition) is 1. The lowest BCUT2D eigenvalue weighted by Gasteiger charge is -2.21. The molecular formula is C19H24N4O2S. The standard InChI is InChI=1S/C19H24N4O2S/c1-3-16-13-20-19(21-14-16)22-17-8-9-18(15(2)12-17)26(24,25)23-10-6-4-5-7-11-23/h3,8-9,12-14H,1,4-7,10-11H2,2H3,(H,20,21,22). The smallest absolute Gasteiger partial charge is 0.243 e. The molecule has 1 fully saturated rings. The minimum absolute atomic E-state index is 0.368. The molecule has 1 N–H and O–H groups in total. The second-order valence-corrected chi connectivity index (χ2v) is 8.37. The Morgan fingerprint density at radius 3 is 2.35 bits per heavy atom. The predicted molar refractivity (Wildman–Crippen MR) is 104 cm³/mol. The van der Waals surface area contributed by atoms with Gasteiger partial charge in [0.05, 0.1) is 4.90 Å². The molecule has 1 aromatic heterocycles. The van der Waals surface area contributed by atoms with Crippen LogP contribution in [0.4, 0.5) is 11.6 Å². The van der Waals surface area contributed by atoms with Crippen LogP contribution in [-0.4, -0.2) is 35.8 Å². The number of aromatic nitrogens is 2. The number of anilines is 2. The molecule has 2 aromatic rings. The summed E-state index contributed by atoms with van der Waals surface area (Å²) in [6.45, 7) is 6.69. The topological polar surface area (TPSA) is 75.2 Å². The average Bonchev–Trinajstić information content (AvgIpc) is 2.92. The molecule has 6 nitrogen and oxygen atoms in total. The first-order valence-corrected chi connectivity index (χ1v) is 10.3. The number of benzene rings is 1. The number of sulfonamides is 1. The molecule has 26 heavy (non-hydrogen) atoms. The van der Waals surface area contributed by atoms with Gasteiger partial charge in [-0.3, -0.25) is 0 Å². The predicted octanol–water partition coefficient (Wildman–Crippen LogP) is 3.74. The fourth-order valence-corrected chi connectivity index (χ4v) is 4.80. The highest BCUT2D eigenvalue weighted by molar-refractivity contribution is 7.89. The molecule has 0 saturated carbocycles.